The van der Waals surface area contributed by atoms with E-state index in [1.54, 1.807) is 0 Å². The summed E-state index contributed by atoms with van der Waals surface area (Å²) in [7, 11) is 0. The van der Waals surface area contributed by atoms with Gasteiger partial charge in [-0.05, 0) is 67.4 Å². The van der Waals surface area contributed by atoms with Crippen molar-refractivity contribution in [3.05, 3.63) is 83.7 Å². The van der Waals surface area contributed by atoms with Crippen LogP contribution in [0.25, 0.3) is 16.9 Å². The maximum atomic E-state index is 5.92. The molecule has 32 heavy (non-hydrogen) atoms. The van der Waals surface area contributed by atoms with Gasteiger partial charge in [-0.25, -0.2) is 9.50 Å². The first-order valence-electron chi connectivity index (χ1n) is 11.4. The highest BCUT2D eigenvalue weighted by atomic mass is 16.5. The maximum Gasteiger partial charge on any atom is 0.156 e. The van der Waals surface area contributed by atoms with Gasteiger partial charge in [-0.3, -0.25) is 4.90 Å². The molecule has 0 atom stereocenters. The number of hydrogen-bond acceptors (Lipinski definition) is 5. The minimum absolute atomic E-state index is 0.518. The molecule has 2 N–H and O–H groups in total. The number of benzene rings is 2. The lowest BCUT2D eigenvalue weighted by Gasteiger charge is -2.14. The summed E-state index contributed by atoms with van der Waals surface area (Å²) in [5, 5.41) is 4.79. The quantitative estimate of drug-likeness (QED) is 0.462. The van der Waals surface area contributed by atoms with E-state index in [1.165, 1.54) is 31.5 Å². The Morgan fingerprint density at radius 3 is 2.53 bits per heavy atom. The fraction of sp³-hybridized carbons (Fsp3) is 0.308. The van der Waals surface area contributed by atoms with Crippen LogP contribution in [0.2, 0.25) is 0 Å². The molecule has 1 aliphatic heterocycles. The summed E-state index contributed by atoms with van der Waals surface area (Å²) in [6.07, 6.45) is 3.30. The van der Waals surface area contributed by atoms with E-state index in [4.69, 9.17) is 20.6 Å². The average molecular weight is 428 g/mol. The van der Waals surface area contributed by atoms with Crippen LogP contribution in [-0.2, 0) is 13.0 Å². The van der Waals surface area contributed by atoms with Gasteiger partial charge in [0.2, 0.25) is 0 Å². The van der Waals surface area contributed by atoms with Gasteiger partial charge in [0, 0.05) is 25.1 Å². The molecule has 0 unspecified atom stereocenters. The molecular formula is C26H29N5O. The van der Waals surface area contributed by atoms with Crippen LogP contribution < -0.4 is 10.5 Å². The van der Waals surface area contributed by atoms with Gasteiger partial charge in [0.1, 0.15) is 12.4 Å². The molecule has 1 saturated heterocycles. The first kappa shape index (κ1) is 20.7. The van der Waals surface area contributed by atoms with Gasteiger partial charge in [0.15, 0.2) is 11.5 Å². The van der Waals surface area contributed by atoms with Crippen LogP contribution in [-0.4, -0.2) is 45.7 Å². The molecule has 1 fully saturated rings. The summed E-state index contributed by atoms with van der Waals surface area (Å²) in [4.78, 5) is 7.21. The predicted octanol–water partition coefficient (Wildman–Crippen LogP) is 3.92. The van der Waals surface area contributed by atoms with E-state index < -0.39 is 0 Å². The Morgan fingerprint density at radius 2 is 1.72 bits per heavy atom. The van der Waals surface area contributed by atoms with Crippen LogP contribution in [0.4, 0.5) is 0 Å². The van der Waals surface area contributed by atoms with Gasteiger partial charge in [-0.15, -0.1) is 0 Å². The van der Waals surface area contributed by atoms with E-state index in [9.17, 15) is 0 Å². The van der Waals surface area contributed by atoms with Crippen molar-refractivity contribution in [3.8, 4) is 17.0 Å². The van der Waals surface area contributed by atoms with Crippen molar-refractivity contribution < 1.29 is 4.74 Å². The number of ether oxygens (including phenoxy) is 1. The average Bonchev–Trinajstić information content (AvgIpc) is 3.49. The third kappa shape index (κ3) is 4.66. The highest BCUT2D eigenvalue weighted by molar-refractivity contribution is 5.63. The number of pyridine rings is 1. The highest BCUT2D eigenvalue weighted by Gasteiger charge is 2.12. The highest BCUT2D eigenvalue weighted by Crippen LogP contribution is 2.22. The molecule has 0 bridgehead atoms. The molecule has 0 spiro atoms. The zero-order valence-electron chi connectivity index (χ0n) is 18.3. The van der Waals surface area contributed by atoms with Crippen molar-refractivity contribution >= 4 is 5.65 Å². The molecule has 0 amide bonds. The van der Waals surface area contributed by atoms with Crippen molar-refractivity contribution in [2.75, 3.05) is 26.2 Å². The summed E-state index contributed by atoms with van der Waals surface area (Å²) in [6, 6.07) is 22.6. The number of likely N-dealkylation sites (tertiary alicyclic amines) is 1. The van der Waals surface area contributed by atoms with Gasteiger partial charge < -0.3 is 10.5 Å². The smallest absolute Gasteiger partial charge is 0.156 e. The first-order valence-corrected chi connectivity index (χ1v) is 11.4. The largest absolute Gasteiger partial charge is 0.492 e. The molecule has 164 valence electrons. The van der Waals surface area contributed by atoms with Crippen LogP contribution in [0.3, 0.4) is 0 Å². The standard InChI is InChI=1S/C26H29N5O/c27-19-21-5-3-6-22(17-21)24-7-4-8-26-28-25(29-31(24)26)18-20-9-11-23(12-10-20)32-16-15-30-13-1-2-14-30/h3-12,17H,1-2,13-16,18-19,27H2. The normalized spacial score (nSPS) is 14.3. The van der Waals surface area contributed by atoms with E-state index in [1.807, 2.05) is 40.9 Å². The number of rotatable bonds is 8. The van der Waals surface area contributed by atoms with Crippen molar-refractivity contribution in [1.82, 2.24) is 19.5 Å². The molecule has 6 nitrogen and oxygen atoms in total. The fourth-order valence-electron chi connectivity index (χ4n) is 4.29. The lowest BCUT2D eigenvalue weighted by Crippen LogP contribution is -2.25. The summed E-state index contributed by atoms with van der Waals surface area (Å²) in [5.41, 5.74) is 11.0. The molecule has 0 radical (unpaired) electrons. The lowest BCUT2D eigenvalue weighted by atomic mass is 10.1. The van der Waals surface area contributed by atoms with E-state index in [0.717, 1.165) is 47.2 Å². The molecule has 0 saturated carbocycles. The van der Waals surface area contributed by atoms with E-state index >= 15 is 0 Å². The topological polar surface area (TPSA) is 68.7 Å². The zero-order chi connectivity index (χ0) is 21.8. The molecule has 1 aliphatic rings. The number of aromatic nitrogens is 3. The van der Waals surface area contributed by atoms with Crippen molar-refractivity contribution in [2.24, 2.45) is 5.73 Å². The molecule has 2 aromatic heterocycles. The third-order valence-corrected chi connectivity index (χ3v) is 6.02. The molecule has 5 rings (SSSR count). The van der Waals surface area contributed by atoms with Crippen LogP contribution >= 0.6 is 0 Å². The molecule has 0 aliphatic carbocycles. The van der Waals surface area contributed by atoms with Gasteiger partial charge in [-0.1, -0.05) is 36.4 Å². The monoisotopic (exact) mass is 427 g/mol. The SMILES string of the molecule is NCc1cccc(-c2cccc3nc(Cc4ccc(OCCN5CCCC5)cc4)nn23)c1. The van der Waals surface area contributed by atoms with Gasteiger partial charge >= 0.3 is 0 Å². The fourth-order valence-corrected chi connectivity index (χ4v) is 4.29. The van der Waals surface area contributed by atoms with Crippen molar-refractivity contribution in [3.63, 3.8) is 0 Å². The summed E-state index contributed by atoms with van der Waals surface area (Å²) >= 11 is 0. The molecule has 6 heteroatoms. The van der Waals surface area contributed by atoms with Crippen LogP contribution in [0.5, 0.6) is 5.75 Å². The Labute approximate surface area is 188 Å². The Hall–Kier alpha value is -3.22. The summed E-state index contributed by atoms with van der Waals surface area (Å²) < 4.78 is 7.84. The number of nitrogens with two attached hydrogens (primary N) is 1. The summed E-state index contributed by atoms with van der Waals surface area (Å²) in [5.74, 6) is 1.72. The zero-order valence-corrected chi connectivity index (χ0v) is 18.3. The first-order chi connectivity index (χ1) is 15.8. The maximum absolute atomic E-state index is 5.92. The Morgan fingerprint density at radius 1 is 0.906 bits per heavy atom. The minimum Gasteiger partial charge on any atom is -0.492 e. The minimum atomic E-state index is 0.518. The van der Waals surface area contributed by atoms with E-state index in [2.05, 4.69) is 35.2 Å². The van der Waals surface area contributed by atoms with Crippen molar-refractivity contribution in [2.45, 2.75) is 25.8 Å². The molecule has 3 heterocycles. The number of hydrogen-bond donors (Lipinski definition) is 1. The van der Waals surface area contributed by atoms with E-state index in [-0.39, 0.29) is 0 Å². The van der Waals surface area contributed by atoms with Gasteiger partial charge in [0.05, 0.1) is 5.69 Å². The lowest BCUT2D eigenvalue weighted by molar-refractivity contribution is 0.238. The van der Waals surface area contributed by atoms with Gasteiger partial charge in [0.25, 0.3) is 0 Å². The van der Waals surface area contributed by atoms with Crippen molar-refractivity contribution in [1.29, 1.82) is 0 Å². The summed E-state index contributed by atoms with van der Waals surface area (Å²) in [6.45, 7) is 4.66. The van der Waals surface area contributed by atoms with E-state index in [0.29, 0.717) is 13.0 Å². The Bertz CT molecular complexity index is 1180. The number of nitrogens with zero attached hydrogens (tertiary/aromatic N) is 4. The second-order valence-electron chi connectivity index (χ2n) is 8.33. The van der Waals surface area contributed by atoms with Crippen LogP contribution in [0, 0.1) is 0 Å². The molecule has 4 aromatic rings. The number of fused-ring (bicyclic) bond motifs is 1. The second-order valence-corrected chi connectivity index (χ2v) is 8.33. The molecule has 2 aromatic carbocycles. The molecular weight excluding hydrogens is 398 g/mol. The Balaban J connectivity index is 1.28. The van der Waals surface area contributed by atoms with Gasteiger partial charge in [-0.2, -0.15) is 5.10 Å². The Kier molecular flexibility index (Phi) is 6.14. The van der Waals surface area contributed by atoms with Crippen LogP contribution in [0.1, 0.15) is 29.8 Å². The third-order valence-electron chi connectivity index (χ3n) is 6.02. The predicted molar refractivity (Wildman–Crippen MR) is 127 cm³/mol. The van der Waals surface area contributed by atoms with Crippen LogP contribution in [0.15, 0.2) is 66.7 Å². The second kappa shape index (κ2) is 9.51.